The molecule has 0 unspecified atom stereocenters. The number of ether oxygens (including phenoxy) is 1. The van der Waals surface area contributed by atoms with E-state index in [1.54, 1.807) is 6.92 Å². The molecule has 0 heterocycles. The molecule has 1 aromatic carbocycles. The van der Waals surface area contributed by atoms with Crippen molar-refractivity contribution in [3.63, 3.8) is 0 Å². The number of Topliss-reactive ketones (excluding diaryl/α,β-unsaturated/α-hetero) is 2. The number of carbonyl (C=O) groups excluding carboxylic acids is 5. The molecule has 5 rings (SSSR count). The molecule has 0 spiro atoms. The maximum absolute atomic E-state index is 14.3. The minimum Gasteiger partial charge on any atom is -0.508 e. The lowest BCUT2D eigenvalue weighted by molar-refractivity contribution is -0.185. The Bertz CT molecular complexity index is 1540. The Labute approximate surface area is 253 Å². The molecule has 0 aromatic heterocycles. The topological polar surface area (TPSA) is 217 Å². The van der Waals surface area contributed by atoms with E-state index in [1.165, 1.54) is 38.1 Å². The Balaban J connectivity index is 1.79. The second kappa shape index (κ2) is 11.0. The number of aliphatic hydroxyl groups is 3. The van der Waals surface area contributed by atoms with E-state index < -0.39 is 87.4 Å². The monoisotopic (exact) mass is 611 g/mol. The number of nitrogens with two attached hydrogens (primary N) is 1. The standard InChI is InChI=1S/C31H37N3O10/c1-5-16(36)44-26-18-12(2)17-14(33-30(42)13-8-6-7-9-13)10-11-15(35)19(17)24(37)20(18)27(39)31(43)22(26)23(34(3)4)25(38)21(28(31)40)29(32)41/h10-13,18,22-23,26,35,37,40,43H,5-9H2,1-4H3,(H2,32,41)(H,33,42)/t12-,18+,22+,23-,26-,31-/m0/s1. The van der Waals surface area contributed by atoms with E-state index in [-0.39, 0.29) is 35.1 Å². The molecule has 0 aliphatic heterocycles. The van der Waals surface area contributed by atoms with Gasteiger partial charge in [0.1, 0.15) is 28.9 Å². The third-order valence-electron chi connectivity index (χ3n) is 9.62. The Kier molecular flexibility index (Phi) is 7.83. The smallest absolute Gasteiger partial charge is 0.305 e. The number of carbonyl (C=O) groups is 5. The first-order chi connectivity index (χ1) is 20.7. The summed E-state index contributed by atoms with van der Waals surface area (Å²) in [5.41, 5.74) is 1.27. The summed E-state index contributed by atoms with van der Waals surface area (Å²) in [7, 11) is 2.90. The van der Waals surface area contributed by atoms with Gasteiger partial charge in [0.2, 0.25) is 11.7 Å². The third-order valence-corrected chi connectivity index (χ3v) is 9.62. The highest BCUT2D eigenvalue weighted by atomic mass is 16.5. The number of hydrogen-bond acceptors (Lipinski definition) is 11. The van der Waals surface area contributed by atoms with Gasteiger partial charge in [0.05, 0.1) is 17.5 Å². The van der Waals surface area contributed by atoms with Gasteiger partial charge in [-0.15, -0.1) is 0 Å². The Morgan fingerprint density at radius 2 is 1.75 bits per heavy atom. The van der Waals surface area contributed by atoms with Crippen LogP contribution >= 0.6 is 0 Å². The second-order valence-electron chi connectivity index (χ2n) is 12.3. The van der Waals surface area contributed by atoms with Crippen molar-refractivity contribution in [3.8, 4) is 5.75 Å². The first kappa shape index (κ1) is 31.2. The van der Waals surface area contributed by atoms with Crippen LogP contribution in [0.1, 0.15) is 63.0 Å². The zero-order valence-corrected chi connectivity index (χ0v) is 24.9. The van der Waals surface area contributed by atoms with Crippen LogP contribution in [0, 0.1) is 17.8 Å². The fourth-order valence-corrected chi connectivity index (χ4v) is 7.58. The minimum absolute atomic E-state index is 0.128. The summed E-state index contributed by atoms with van der Waals surface area (Å²) in [6, 6.07) is 1.25. The zero-order chi connectivity index (χ0) is 32.4. The number of benzene rings is 1. The van der Waals surface area contributed by atoms with Crippen molar-refractivity contribution in [2.24, 2.45) is 23.5 Å². The van der Waals surface area contributed by atoms with E-state index in [4.69, 9.17) is 10.5 Å². The summed E-state index contributed by atoms with van der Waals surface area (Å²) in [4.78, 5) is 67.6. The van der Waals surface area contributed by atoms with Gasteiger partial charge in [-0.2, -0.15) is 0 Å². The number of esters is 1. The van der Waals surface area contributed by atoms with Crippen LogP contribution in [0.2, 0.25) is 0 Å². The average Bonchev–Trinajstić information content (AvgIpc) is 3.50. The maximum Gasteiger partial charge on any atom is 0.305 e. The van der Waals surface area contributed by atoms with Gasteiger partial charge >= 0.3 is 5.97 Å². The highest BCUT2D eigenvalue weighted by molar-refractivity contribution is 6.24. The molecular formula is C31H37N3O10. The molecule has 2 fully saturated rings. The van der Waals surface area contributed by atoms with Crippen molar-refractivity contribution < 1.29 is 49.1 Å². The number of amides is 2. The molecule has 2 amide bonds. The highest BCUT2D eigenvalue weighted by Gasteiger charge is 2.69. The predicted molar refractivity (Wildman–Crippen MR) is 155 cm³/mol. The average molecular weight is 612 g/mol. The van der Waals surface area contributed by atoms with Crippen LogP contribution in [0.25, 0.3) is 5.76 Å². The number of nitrogens with one attached hydrogen (secondary N) is 1. The van der Waals surface area contributed by atoms with Crippen molar-refractivity contribution in [2.75, 3.05) is 19.4 Å². The van der Waals surface area contributed by atoms with Crippen LogP contribution < -0.4 is 11.1 Å². The second-order valence-corrected chi connectivity index (χ2v) is 12.3. The van der Waals surface area contributed by atoms with Gasteiger partial charge in [-0.3, -0.25) is 28.9 Å². The summed E-state index contributed by atoms with van der Waals surface area (Å²) in [5.74, 6) is -11.0. The van der Waals surface area contributed by atoms with Crippen molar-refractivity contribution in [1.82, 2.24) is 4.90 Å². The Morgan fingerprint density at radius 3 is 2.32 bits per heavy atom. The van der Waals surface area contributed by atoms with Crippen molar-refractivity contribution in [2.45, 2.75) is 69.6 Å². The fraction of sp³-hybridized carbons (Fsp3) is 0.516. The SMILES string of the molecule is CCC(=O)O[C@H]1[C@H]2C(=C(O)c3c(O)ccc(NC(=O)C4CCCC4)c3[C@@H]2C)C(=O)[C@]2(O)C(O)=C(C(N)=O)C(=O)[C@@H](N(C)C)[C@H]12. The lowest BCUT2D eigenvalue weighted by Crippen LogP contribution is -2.71. The molecule has 2 saturated carbocycles. The molecule has 44 heavy (non-hydrogen) atoms. The molecule has 6 atom stereocenters. The Hall–Kier alpha value is -4.23. The van der Waals surface area contributed by atoms with Crippen molar-refractivity contribution in [1.29, 1.82) is 0 Å². The van der Waals surface area contributed by atoms with Crippen LogP contribution in [0.4, 0.5) is 5.69 Å². The summed E-state index contributed by atoms with van der Waals surface area (Å²) in [6.07, 6.45) is 1.62. The van der Waals surface area contributed by atoms with Gasteiger partial charge in [-0.05, 0) is 50.6 Å². The lowest BCUT2D eigenvalue weighted by Gasteiger charge is -2.54. The lowest BCUT2D eigenvalue weighted by atomic mass is 9.54. The van der Waals surface area contributed by atoms with E-state index in [9.17, 15) is 44.4 Å². The third kappa shape index (κ3) is 4.40. The molecule has 4 aliphatic rings. The number of phenolic OH excluding ortho intramolecular Hbond substituents is 1. The van der Waals surface area contributed by atoms with E-state index in [1.807, 2.05) is 0 Å². The van der Waals surface area contributed by atoms with Gasteiger partial charge < -0.3 is 36.2 Å². The molecule has 0 saturated heterocycles. The van der Waals surface area contributed by atoms with Crippen LogP contribution in [0.5, 0.6) is 5.75 Å². The van der Waals surface area contributed by atoms with Gasteiger partial charge in [0.15, 0.2) is 11.4 Å². The largest absolute Gasteiger partial charge is 0.508 e. The highest BCUT2D eigenvalue weighted by Crippen LogP contribution is 2.58. The van der Waals surface area contributed by atoms with Gasteiger partial charge in [0, 0.05) is 29.5 Å². The molecule has 7 N–H and O–H groups in total. The molecule has 236 valence electrons. The van der Waals surface area contributed by atoms with Crippen LogP contribution in [0.3, 0.4) is 0 Å². The molecule has 0 bridgehead atoms. The van der Waals surface area contributed by atoms with E-state index in [0.29, 0.717) is 12.8 Å². The van der Waals surface area contributed by atoms with Crippen LogP contribution in [0.15, 0.2) is 29.0 Å². The quantitative estimate of drug-likeness (QED) is 0.154. The van der Waals surface area contributed by atoms with Gasteiger partial charge in [-0.25, -0.2) is 0 Å². The molecule has 1 aromatic rings. The summed E-state index contributed by atoms with van der Waals surface area (Å²) in [6.45, 7) is 3.16. The number of ketones is 2. The number of fused-ring (bicyclic) bond motifs is 3. The molecular weight excluding hydrogens is 574 g/mol. The van der Waals surface area contributed by atoms with Crippen molar-refractivity contribution in [3.05, 3.63) is 40.2 Å². The number of aromatic hydroxyl groups is 1. The van der Waals surface area contributed by atoms with E-state index in [0.717, 1.165) is 12.8 Å². The summed E-state index contributed by atoms with van der Waals surface area (Å²) >= 11 is 0. The first-order valence-electron chi connectivity index (χ1n) is 14.7. The van der Waals surface area contributed by atoms with Gasteiger partial charge in [0.25, 0.3) is 5.91 Å². The minimum atomic E-state index is -3.02. The molecule has 13 nitrogen and oxygen atoms in total. The number of primary amides is 1. The van der Waals surface area contributed by atoms with E-state index >= 15 is 0 Å². The zero-order valence-electron chi connectivity index (χ0n) is 24.9. The molecule has 0 radical (unpaired) electrons. The van der Waals surface area contributed by atoms with Crippen LogP contribution in [-0.2, 0) is 28.7 Å². The first-order valence-corrected chi connectivity index (χ1v) is 14.7. The Morgan fingerprint density at radius 1 is 1.11 bits per heavy atom. The predicted octanol–water partition coefficient (Wildman–Crippen LogP) is 1.59. The fourth-order valence-electron chi connectivity index (χ4n) is 7.58. The number of nitrogens with zero attached hydrogens (tertiary/aromatic N) is 1. The molecule has 4 aliphatic carbocycles. The maximum atomic E-state index is 14.3. The van der Waals surface area contributed by atoms with Crippen LogP contribution in [-0.4, -0.2) is 86.5 Å². The van der Waals surface area contributed by atoms with E-state index in [2.05, 4.69) is 5.32 Å². The van der Waals surface area contributed by atoms with Crippen molar-refractivity contribution >= 4 is 40.8 Å². The number of hydrogen-bond donors (Lipinski definition) is 6. The number of likely N-dealkylation sites (N-methyl/N-ethyl adjacent to an activating group) is 1. The number of anilines is 1. The van der Waals surface area contributed by atoms with Gasteiger partial charge in [-0.1, -0.05) is 26.7 Å². The number of phenols is 1. The normalized spacial score (nSPS) is 30.2. The summed E-state index contributed by atoms with van der Waals surface area (Å²) in [5, 5.41) is 48.8. The number of rotatable bonds is 6. The molecule has 13 heteroatoms. The number of aliphatic hydroxyl groups excluding tert-OH is 2. The summed E-state index contributed by atoms with van der Waals surface area (Å²) < 4.78 is 5.86.